The molecule has 102 valence electrons. The minimum absolute atomic E-state index is 0.0106. The molecule has 0 aromatic heterocycles. The third-order valence-electron chi connectivity index (χ3n) is 3.00. The molecular weight excluding hydrogens is 256 g/mol. The zero-order chi connectivity index (χ0) is 14.7. The van der Waals surface area contributed by atoms with E-state index in [4.69, 9.17) is 9.84 Å². The molecule has 4 heteroatoms. The summed E-state index contributed by atoms with van der Waals surface area (Å²) in [4.78, 5) is 23.6. The second-order valence-corrected chi connectivity index (χ2v) is 4.41. The van der Waals surface area contributed by atoms with Gasteiger partial charge in [-0.1, -0.05) is 11.6 Å². The lowest BCUT2D eigenvalue weighted by molar-refractivity contribution is 0.0693. The molecule has 2 rings (SSSR count). The van der Waals surface area contributed by atoms with E-state index in [2.05, 4.69) is 0 Å². The summed E-state index contributed by atoms with van der Waals surface area (Å²) in [7, 11) is 1.54. The van der Waals surface area contributed by atoms with Crippen molar-refractivity contribution in [3.8, 4) is 5.75 Å². The van der Waals surface area contributed by atoms with Crippen LogP contribution in [0.3, 0.4) is 0 Å². The summed E-state index contributed by atoms with van der Waals surface area (Å²) in [6.07, 6.45) is 0. The molecule has 0 spiro atoms. The molecule has 4 nitrogen and oxygen atoms in total. The predicted octanol–water partition coefficient (Wildman–Crippen LogP) is 2.93. The van der Waals surface area contributed by atoms with Gasteiger partial charge in [-0.15, -0.1) is 0 Å². The number of hydrogen-bond donors (Lipinski definition) is 1. The van der Waals surface area contributed by atoms with Gasteiger partial charge in [-0.05, 0) is 43.3 Å². The summed E-state index contributed by atoms with van der Waals surface area (Å²) >= 11 is 0. The molecule has 0 saturated carbocycles. The van der Waals surface area contributed by atoms with Crippen molar-refractivity contribution in [1.29, 1.82) is 0 Å². The fourth-order valence-corrected chi connectivity index (χ4v) is 1.93. The minimum atomic E-state index is -1.11. The summed E-state index contributed by atoms with van der Waals surface area (Å²) in [6.45, 7) is 1.82. The third kappa shape index (κ3) is 2.69. The monoisotopic (exact) mass is 270 g/mol. The lowest BCUT2D eigenvalue weighted by Gasteiger charge is -2.07. The molecule has 0 radical (unpaired) electrons. The first kappa shape index (κ1) is 13.8. The Hall–Kier alpha value is -2.62. The highest BCUT2D eigenvalue weighted by molar-refractivity contribution is 6.14. The topological polar surface area (TPSA) is 63.6 Å². The van der Waals surface area contributed by atoms with Crippen LogP contribution in [0.2, 0.25) is 0 Å². The number of ether oxygens (including phenoxy) is 1. The molecule has 20 heavy (non-hydrogen) atoms. The summed E-state index contributed by atoms with van der Waals surface area (Å²) in [5.41, 5.74) is 1.48. The molecule has 0 aliphatic carbocycles. The molecule has 0 saturated heterocycles. The number of carboxylic acid groups (broad SMARTS) is 1. The van der Waals surface area contributed by atoms with Gasteiger partial charge in [0.2, 0.25) is 0 Å². The van der Waals surface area contributed by atoms with Crippen molar-refractivity contribution in [3.05, 3.63) is 64.7 Å². The van der Waals surface area contributed by atoms with Crippen LogP contribution in [0, 0.1) is 6.92 Å². The number of aromatic carboxylic acids is 1. The Bertz CT molecular complexity index is 657. The number of carboxylic acids is 1. The van der Waals surface area contributed by atoms with Gasteiger partial charge >= 0.3 is 5.97 Å². The van der Waals surface area contributed by atoms with Crippen molar-refractivity contribution in [1.82, 2.24) is 0 Å². The average Bonchev–Trinajstić information content (AvgIpc) is 2.46. The highest BCUT2D eigenvalue weighted by Gasteiger charge is 2.18. The van der Waals surface area contributed by atoms with Crippen LogP contribution in [0.15, 0.2) is 42.5 Å². The van der Waals surface area contributed by atoms with Gasteiger partial charge in [-0.3, -0.25) is 4.79 Å². The third-order valence-corrected chi connectivity index (χ3v) is 3.00. The first-order chi connectivity index (χ1) is 9.52. The number of benzene rings is 2. The lowest BCUT2D eigenvalue weighted by atomic mass is 9.96. The van der Waals surface area contributed by atoms with Crippen LogP contribution in [0.25, 0.3) is 0 Å². The van der Waals surface area contributed by atoms with Gasteiger partial charge in [0.15, 0.2) is 5.78 Å². The zero-order valence-electron chi connectivity index (χ0n) is 11.2. The van der Waals surface area contributed by atoms with Gasteiger partial charge in [0.25, 0.3) is 0 Å². The van der Waals surface area contributed by atoms with Gasteiger partial charge in [-0.25, -0.2) is 4.79 Å². The molecule has 1 N–H and O–H groups in total. The second kappa shape index (κ2) is 5.57. The van der Waals surface area contributed by atoms with E-state index in [0.717, 1.165) is 5.56 Å². The standard InChI is InChI=1S/C16H14O4/c1-10-3-8-13(16(18)19)14(9-10)15(17)11-4-6-12(20-2)7-5-11/h3-9H,1-2H3,(H,18,19). The van der Waals surface area contributed by atoms with Crippen molar-refractivity contribution in [3.63, 3.8) is 0 Å². The molecule has 0 atom stereocenters. The maximum absolute atomic E-state index is 12.4. The summed E-state index contributed by atoms with van der Waals surface area (Å²) < 4.78 is 5.03. The van der Waals surface area contributed by atoms with Gasteiger partial charge in [-0.2, -0.15) is 0 Å². The average molecular weight is 270 g/mol. The van der Waals surface area contributed by atoms with Gasteiger partial charge in [0, 0.05) is 11.1 Å². The molecule has 0 fully saturated rings. The Morgan fingerprint density at radius 3 is 2.20 bits per heavy atom. The largest absolute Gasteiger partial charge is 0.497 e. The van der Waals surface area contributed by atoms with Crippen LogP contribution >= 0.6 is 0 Å². The van der Waals surface area contributed by atoms with E-state index < -0.39 is 5.97 Å². The molecule has 0 unspecified atom stereocenters. The van der Waals surface area contributed by atoms with Crippen LogP contribution in [-0.2, 0) is 0 Å². The fraction of sp³-hybridized carbons (Fsp3) is 0.125. The Balaban J connectivity index is 2.46. The van der Waals surface area contributed by atoms with E-state index in [0.29, 0.717) is 11.3 Å². The van der Waals surface area contributed by atoms with Crippen molar-refractivity contribution in [2.75, 3.05) is 7.11 Å². The molecule has 0 amide bonds. The van der Waals surface area contributed by atoms with Crippen LogP contribution in [0.1, 0.15) is 31.8 Å². The van der Waals surface area contributed by atoms with Gasteiger partial charge in [0.1, 0.15) is 5.75 Å². The predicted molar refractivity (Wildman–Crippen MR) is 74.6 cm³/mol. The van der Waals surface area contributed by atoms with Crippen molar-refractivity contribution >= 4 is 11.8 Å². The van der Waals surface area contributed by atoms with E-state index in [1.807, 2.05) is 6.92 Å². The Kier molecular flexibility index (Phi) is 3.84. The quantitative estimate of drug-likeness (QED) is 0.867. The Morgan fingerprint density at radius 2 is 1.65 bits per heavy atom. The maximum Gasteiger partial charge on any atom is 0.336 e. The number of aryl methyl sites for hydroxylation is 1. The Morgan fingerprint density at radius 1 is 1.00 bits per heavy atom. The number of ketones is 1. The van der Waals surface area contributed by atoms with Crippen molar-refractivity contribution in [2.24, 2.45) is 0 Å². The number of rotatable bonds is 4. The van der Waals surface area contributed by atoms with Crippen LogP contribution in [-0.4, -0.2) is 24.0 Å². The number of carbonyl (C=O) groups excluding carboxylic acids is 1. The number of methoxy groups -OCH3 is 1. The van der Waals surface area contributed by atoms with Crippen LogP contribution in [0.5, 0.6) is 5.75 Å². The molecule has 2 aromatic rings. The van der Waals surface area contributed by atoms with Crippen molar-refractivity contribution < 1.29 is 19.4 Å². The molecule has 0 aliphatic heterocycles. The Labute approximate surface area is 116 Å². The van der Waals surface area contributed by atoms with Gasteiger partial charge < -0.3 is 9.84 Å². The molecular formula is C16H14O4. The smallest absolute Gasteiger partial charge is 0.336 e. The zero-order valence-corrected chi connectivity index (χ0v) is 11.2. The number of hydrogen-bond acceptors (Lipinski definition) is 3. The highest BCUT2D eigenvalue weighted by atomic mass is 16.5. The van der Waals surface area contributed by atoms with Crippen LogP contribution < -0.4 is 4.74 Å². The normalized spacial score (nSPS) is 10.1. The molecule has 2 aromatic carbocycles. The van der Waals surface area contributed by atoms with E-state index >= 15 is 0 Å². The van der Waals surface area contributed by atoms with E-state index in [9.17, 15) is 9.59 Å². The summed E-state index contributed by atoms with van der Waals surface area (Å²) in [5.74, 6) is -0.778. The van der Waals surface area contributed by atoms with Crippen molar-refractivity contribution in [2.45, 2.75) is 6.92 Å². The molecule has 0 heterocycles. The fourth-order valence-electron chi connectivity index (χ4n) is 1.93. The SMILES string of the molecule is COc1ccc(C(=O)c2cc(C)ccc2C(=O)O)cc1. The molecule has 0 bridgehead atoms. The minimum Gasteiger partial charge on any atom is -0.497 e. The number of carbonyl (C=O) groups is 2. The van der Waals surface area contributed by atoms with Crippen LogP contribution in [0.4, 0.5) is 0 Å². The van der Waals surface area contributed by atoms with E-state index in [1.54, 1.807) is 43.5 Å². The first-order valence-corrected chi connectivity index (χ1v) is 6.05. The lowest BCUT2D eigenvalue weighted by Crippen LogP contribution is -2.10. The summed E-state index contributed by atoms with van der Waals surface area (Å²) in [6, 6.07) is 11.3. The van der Waals surface area contributed by atoms with E-state index in [1.165, 1.54) is 6.07 Å². The van der Waals surface area contributed by atoms with Gasteiger partial charge in [0.05, 0.1) is 12.7 Å². The summed E-state index contributed by atoms with van der Waals surface area (Å²) in [5, 5.41) is 9.16. The maximum atomic E-state index is 12.4. The van der Waals surface area contributed by atoms with E-state index in [-0.39, 0.29) is 16.9 Å². The molecule has 0 aliphatic rings. The highest BCUT2D eigenvalue weighted by Crippen LogP contribution is 2.19. The first-order valence-electron chi connectivity index (χ1n) is 6.05. The second-order valence-electron chi connectivity index (χ2n) is 4.41.